The molecule has 0 amide bonds. The summed E-state index contributed by atoms with van der Waals surface area (Å²) in [5, 5.41) is 8.54. The van der Waals surface area contributed by atoms with Crippen molar-refractivity contribution in [1.82, 2.24) is 0 Å². The maximum absolute atomic E-state index is 13.1. The molecule has 0 heterocycles. The third-order valence-corrected chi connectivity index (χ3v) is 1.67. The Morgan fingerprint density at radius 1 is 1.57 bits per heavy atom. The molecule has 0 aromatic heterocycles. The lowest BCUT2D eigenvalue weighted by Crippen LogP contribution is -2.00. The zero-order valence-electron chi connectivity index (χ0n) is 7.12. The molecule has 0 bridgehead atoms. The van der Waals surface area contributed by atoms with Crippen LogP contribution in [0.15, 0.2) is 18.2 Å². The molecule has 0 unspecified atom stereocenters. The van der Waals surface area contributed by atoms with Crippen molar-refractivity contribution in [2.45, 2.75) is 0 Å². The highest BCUT2D eigenvalue weighted by Gasteiger charge is 2.09. The van der Waals surface area contributed by atoms with Gasteiger partial charge in [-0.2, -0.15) is 12.6 Å². The third kappa shape index (κ3) is 2.51. The average molecular weight is 210 g/mol. The molecule has 0 aliphatic rings. The van der Waals surface area contributed by atoms with Gasteiger partial charge in [-0.05, 0) is 18.2 Å². The molecule has 0 spiro atoms. The second-order valence-electron chi connectivity index (χ2n) is 2.46. The van der Waals surface area contributed by atoms with Gasteiger partial charge in [-0.1, -0.05) is 11.8 Å². The summed E-state index contributed by atoms with van der Waals surface area (Å²) in [6.07, 6.45) is 0. The Hall–Kier alpha value is -1.47. The van der Waals surface area contributed by atoms with Gasteiger partial charge in [0.05, 0.1) is 11.3 Å². The quantitative estimate of drug-likeness (QED) is 0.548. The fraction of sp³-hybridized carbons (Fsp3) is 0.100. The predicted molar refractivity (Wildman–Crippen MR) is 54.1 cm³/mol. The van der Waals surface area contributed by atoms with Crippen LogP contribution in [-0.4, -0.2) is 16.8 Å². The van der Waals surface area contributed by atoms with Gasteiger partial charge in [-0.3, -0.25) is 0 Å². The molecule has 1 aromatic rings. The highest BCUT2D eigenvalue weighted by atomic mass is 32.1. The van der Waals surface area contributed by atoms with Crippen molar-refractivity contribution >= 4 is 18.6 Å². The fourth-order valence-electron chi connectivity index (χ4n) is 0.908. The molecule has 4 heteroatoms. The second kappa shape index (κ2) is 4.68. The van der Waals surface area contributed by atoms with E-state index in [1.165, 1.54) is 12.1 Å². The van der Waals surface area contributed by atoms with E-state index in [-0.39, 0.29) is 5.56 Å². The molecule has 0 saturated carbocycles. The molecule has 0 radical (unpaired) electrons. The van der Waals surface area contributed by atoms with Gasteiger partial charge < -0.3 is 5.11 Å². The summed E-state index contributed by atoms with van der Waals surface area (Å²) in [6.45, 7) is 0. The van der Waals surface area contributed by atoms with Gasteiger partial charge in [0, 0.05) is 5.56 Å². The maximum atomic E-state index is 13.1. The van der Waals surface area contributed by atoms with E-state index < -0.39 is 11.8 Å². The second-order valence-corrected chi connectivity index (χ2v) is 2.78. The Morgan fingerprint density at radius 3 is 2.79 bits per heavy atom. The van der Waals surface area contributed by atoms with E-state index in [1.54, 1.807) is 0 Å². The molecule has 0 fully saturated rings. The first-order chi connectivity index (χ1) is 6.65. The Morgan fingerprint density at radius 2 is 2.29 bits per heavy atom. The van der Waals surface area contributed by atoms with Crippen LogP contribution in [0.1, 0.15) is 15.9 Å². The van der Waals surface area contributed by atoms with Crippen LogP contribution in [0.5, 0.6) is 0 Å². The average Bonchev–Trinajstić information content (AvgIpc) is 2.14. The number of benzene rings is 1. The molecule has 0 atom stereocenters. The number of carboxylic acids is 1. The van der Waals surface area contributed by atoms with E-state index in [4.69, 9.17) is 5.11 Å². The normalized spacial score (nSPS) is 9.00. The lowest BCUT2D eigenvalue weighted by Gasteiger charge is -1.96. The minimum atomic E-state index is -1.28. The summed E-state index contributed by atoms with van der Waals surface area (Å²) in [7, 11) is 0. The molecule has 0 saturated heterocycles. The Kier molecular flexibility index (Phi) is 3.55. The topological polar surface area (TPSA) is 37.3 Å². The maximum Gasteiger partial charge on any atom is 0.338 e. The molecular weight excluding hydrogens is 203 g/mol. The number of thiol groups is 1. The molecule has 0 aliphatic heterocycles. The standard InChI is InChI=1S/C10H7FO2S/c11-9-6-7(2-1-5-14)3-4-8(9)10(12)13/h3-4,6,14H,5H2,(H,12,13). The van der Waals surface area contributed by atoms with Crippen LogP contribution in [0.4, 0.5) is 4.39 Å². The summed E-state index contributed by atoms with van der Waals surface area (Å²) in [4.78, 5) is 10.5. The predicted octanol–water partition coefficient (Wildman–Crippen LogP) is 1.81. The zero-order chi connectivity index (χ0) is 10.6. The Bertz CT molecular complexity index is 418. The summed E-state index contributed by atoms with van der Waals surface area (Å²) in [5.41, 5.74) is 0.1000. The molecule has 14 heavy (non-hydrogen) atoms. The molecular formula is C10H7FO2S. The van der Waals surface area contributed by atoms with Gasteiger partial charge in [0.15, 0.2) is 0 Å². The summed E-state index contributed by atoms with van der Waals surface area (Å²) >= 11 is 3.87. The van der Waals surface area contributed by atoms with Gasteiger partial charge in [0.2, 0.25) is 0 Å². The van der Waals surface area contributed by atoms with Crippen molar-refractivity contribution in [2.75, 3.05) is 5.75 Å². The first-order valence-electron chi connectivity index (χ1n) is 3.77. The summed E-state index contributed by atoms with van der Waals surface area (Å²) < 4.78 is 13.1. The van der Waals surface area contributed by atoms with E-state index in [9.17, 15) is 9.18 Å². The zero-order valence-corrected chi connectivity index (χ0v) is 8.01. The first-order valence-corrected chi connectivity index (χ1v) is 4.41. The van der Waals surface area contributed by atoms with Crippen LogP contribution in [0, 0.1) is 17.7 Å². The fourth-order valence-corrected chi connectivity index (χ4v) is 0.987. The van der Waals surface area contributed by atoms with Crippen LogP contribution in [-0.2, 0) is 0 Å². The van der Waals surface area contributed by atoms with E-state index in [0.29, 0.717) is 11.3 Å². The van der Waals surface area contributed by atoms with Gasteiger partial charge in [0.25, 0.3) is 0 Å². The highest BCUT2D eigenvalue weighted by Crippen LogP contribution is 2.09. The van der Waals surface area contributed by atoms with Crippen molar-refractivity contribution in [2.24, 2.45) is 0 Å². The smallest absolute Gasteiger partial charge is 0.338 e. The van der Waals surface area contributed by atoms with Gasteiger partial charge in [-0.25, -0.2) is 9.18 Å². The monoisotopic (exact) mass is 210 g/mol. The van der Waals surface area contributed by atoms with Crippen LogP contribution in [0.2, 0.25) is 0 Å². The van der Waals surface area contributed by atoms with Crippen molar-refractivity contribution in [1.29, 1.82) is 0 Å². The molecule has 72 valence electrons. The molecule has 1 aromatic carbocycles. The number of hydrogen-bond donors (Lipinski definition) is 2. The number of rotatable bonds is 1. The third-order valence-electron chi connectivity index (χ3n) is 1.51. The summed E-state index contributed by atoms with van der Waals surface area (Å²) in [6, 6.07) is 3.75. The molecule has 1 N–H and O–H groups in total. The SMILES string of the molecule is O=C(O)c1ccc(C#CCS)cc1F. The van der Waals surface area contributed by atoms with Gasteiger partial charge >= 0.3 is 5.97 Å². The van der Waals surface area contributed by atoms with Crippen LogP contribution >= 0.6 is 12.6 Å². The van der Waals surface area contributed by atoms with Crippen molar-refractivity contribution in [3.05, 3.63) is 35.1 Å². The largest absolute Gasteiger partial charge is 0.478 e. The van der Waals surface area contributed by atoms with E-state index in [1.807, 2.05) is 0 Å². The highest BCUT2D eigenvalue weighted by molar-refractivity contribution is 7.80. The van der Waals surface area contributed by atoms with E-state index >= 15 is 0 Å². The first kappa shape index (κ1) is 10.6. The molecule has 2 nitrogen and oxygen atoms in total. The lowest BCUT2D eigenvalue weighted by molar-refractivity contribution is 0.0692. The Balaban J connectivity index is 3.06. The molecule has 0 aliphatic carbocycles. The molecule has 1 rings (SSSR count). The van der Waals surface area contributed by atoms with Crippen LogP contribution < -0.4 is 0 Å². The number of aromatic carboxylic acids is 1. The van der Waals surface area contributed by atoms with Crippen molar-refractivity contribution < 1.29 is 14.3 Å². The van der Waals surface area contributed by atoms with Crippen molar-refractivity contribution in [3.8, 4) is 11.8 Å². The Labute approximate surface area is 86.2 Å². The summed E-state index contributed by atoms with van der Waals surface area (Å²) in [5.74, 6) is 3.60. The van der Waals surface area contributed by atoms with Gasteiger partial charge in [0.1, 0.15) is 5.82 Å². The minimum Gasteiger partial charge on any atom is -0.478 e. The van der Waals surface area contributed by atoms with E-state index in [0.717, 1.165) is 6.07 Å². The minimum absolute atomic E-state index is 0.346. The van der Waals surface area contributed by atoms with Crippen molar-refractivity contribution in [3.63, 3.8) is 0 Å². The van der Waals surface area contributed by atoms with Crippen LogP contribution in [0.3, 0.4) is 0 Å². The number of carboxylic acid groups (broad SMARTS) is 1. The lowest BCUT2D eigenvalue weighted by atomic mass is 10.1. The van der Waals surface area contributed by atoms with Gasteiger partial charge in [-0.15, -0.1) is 0 Å². The number of hydrogen-bond acceptors (Lipinski definition) is 2. The number of halogens is 1. The number of carbonyl (C=O) groups is 1. The van der Waals surface area contributed by atoms with E-state index in [2.05, 4.69) is 24.5 Å². The van der Waals surface area contributed by atoms with Crippen LogP contribution in [0.25, 0.3) is 0 Å².